The minimum absolute atomic E-state index is 0.200. The molecule has 0 aromatic carbocycles. The summed E-state index contributed by atoms with van der Waals surface area (Å²) in [5.74, 6) is -0.760. The van der Waals surface area contributed by atoms with E-state index in [2.05, 4.69) is 9.47 Å². The monoisotopic (exact) mass is 301 g/mol. The van der Waals surface area contributed by atoms with Crippen LogP contribution in [0.3, 0.4) is 0 Å². The van der Waals surface area contributed by atoms with E-state index >= 15 is 0 Å². The molecule has 0 fully saturated rings. The van der Waals surface area contributed by atoms with Gasteiger partial charge >= 0.3 is 12.1 Å². The Bertz CT molecular complexity index is 317. The van der Waals surface area contributed by atoms with Crippen LogP contribution in [0.25, 0.3) is 0 Å². The summed E-state index contributed by atoms with van der Waals surface area (Å²) in [5, 5.41) is 0. The lowest BCUT2D eigenvalue weighted by Gasteiger charge is -2.03. The summed E-state index contributed by atoms with van der Waals surface area (Å²) in [6, 6.07) is 0. The quantitative estimate of drug-likeness (QED) is 0.339. The highest BCUT2D eigenvalue weighted by molar-refractivity contribution is 5.81. The fourth-order valence-corrected chi connectivity index (χ4v) is 1.92. The van der Waals surface area contributed by atoms with Gasteiger partial charge in [-0.15, -0.1) is 0 Å². The van der Waals surface area contributed by atoms with Gasteiger partial charge in [-0.05, 0) is 19.8 Å². The van der Waals surface area contributed by atoms with E-state index in [1.807, 2.05) is 0 Å². The van der Waals surface area contributed by atoms with Crippen LogP contribution in [0.15, 0.2) is 0 Å². The standard InChI is InChI=1S/C15H27NO5/c1-2-20-15(19)21-14(18)12-10-8-6-4-3-5-7-9-11-13(16)17/h2-12H2,1H3,(H2,16,17). The Morgan fingerprint density at radius 3 is 1.76 bits per heavy atom. The Hall–Kier alpha value is -1.59. The van der Waals surface area contributed by atoms with E-state index in [1.165, 1.54) is 0 Å². The van der Waals surface area contributed by atoms with Crippen molar-refractivity contribution in [3.05, 3.63) is 0 Å². The predicted molar refractivity (Wildman–Crippen MR) is 78.5 cm³/mol. The maximum absolute atomic E-state index is 11.2. The van der Waals surface area contributed by atoms with Gasteiger partial charge in [-0.1, -0.05) is 38.5 Å². The molecular weight excluding hydrogens is 274 g/mol. The number of nitrogens with two attached hydrogens (primary N) is 1. The van der Waals surface area contributed by atoms with Crippen LogP contribution in [0.1, 0.15) is 71.1 Å². The van der Waals surface area contributed by atoms with Crippen molar-refractivity contribution in [2.75, 3.05) is 6.61 Å². The molecule has 0 bridgehead atoms. The highest BCUT2D eigenvalue weighted by Crippen LogP contribution is 2.10. The van der Waals surface area contributed by atoms with E-state index in [0.717, 1.165) is 51.4 Å². The van der Waals surface area contributed by atoms with Crippen molar-refractivity contribution < 1.29 is 23.9 Å². The molecule has 0 aromatic heterocycles. The van der Waals surface area contributed by atoms with E-state index in [4.69, 9.17) is 5.73 Å². The third-order valence-corrected chi connectivity index (χ3v) is 3.01. The molecule has 0 saturated heterocycles. The molecule has 0 spiro atoms. The second-order valence-electron chi connectivity index (χ2n) is 4.95. The maximum atomic E-state index is 11.2. The molecular formula is C15H27NO5. The Kier molecular flexibility index (Phi) is 12.4. The van der Waals surface area contributed by atoms with Gasteiger partial charge in [0.1, 0.15) is 0 Å². The van der Waals surface area contributed by atoms with Gasteiger partial charge in [-0.3, -0.25) is 9.59 Å². The van der Waals surface area contributed by atoms with E-state index in [-0.39, 0.29) is 18.9 Å². The molecule has 0 atom stereocenters. The predicted octanol–water partition coefficient (Wildman–Crippen LogP) is 3.07. The number of rotatable bonds is 12. The van der Waals surface area contributed by atoms with Crippen molar-refractivity contribution in [2.45, 2.75) is 71.1 Å². The first-order chi connectivity index (χ1) is 10.1. The topological polar surface area (TPSA) is 95.7 Å². The molecule has 0 unspecified atom stereocenters. The smallest absolute Gasteiger partial charge is 0.434 e. The van der Waals surface area contributed by atoms with Gasteiger partial charge < -0.3 is 15.2 Å². The van der Waals surface area contributed by atoms with Crippen molar-refractivity contribution in [3.8, 4) is 0 Å². The third kappa shape index (κ3) is 14.6. The molecule has 0 saturated carbocycles. The number of esters is 1. The van der Waals surface area contributed by atoms with Gasteiger partial charge in [0.05, 0.1) is 6.61 Å². The molecule has 1 amide bonds. The molecule has 0 aliphatic heterocycles. The average molecular weight is 301 g/mol. The number of carbonyl (C=O) groups is 3. The van der Waals surface area contributed by atoms with Crippen LogP contribution in [-0.4, -0.2) is 24.6 Å². The number of unbranched alkanes of at least 4 members (excludes halogenated alkanes) is 7. The Morgan fingerprint density at radius 1 is 0.810 bits per heavy atom. The van der Waals surface area contributed by atoms with Crippen LogP contribution in [0.2, 0.25) is 0 Å². The van der Waals surface area contributed by atoms with Crippen molar-refractivity contribution >= 4 is 18.0 Å². The normalized spacial score (nSPS) is 10.1. The van der Waals surface area contributed by atoms with E-state index in [1.54, 1.807) is 6.92 Å². The Labute approximate surface area is 126 Å². The lowest BCUT2D eigenvalue weighted by atomic mass is 10.1. The number of hydrogen-bond donors (Lipinski definition) is 1. The number of primary amides is 1. The fraction of sp³-hybridized carbons (Fsp3) is 0.800. The van der Waals surface area contributed by atoms with Crippen molar-refractivity contribution in [1.82, 2.24) is 0 Å². The molecule has 2 N–H and O–H groups in total. The van der Waals surface area contributed by atoms with Gasteiger partial charge in [0.2, 0.25) is 5.91 Å². The fourth-order valence-electron chi connectivity index (χ4n) is 1.92. The molecule has 6 nitrogen and oxygen atoms in total. The average Bonchev–Trinajstić information content (AvgIpc) is 2.40. The second-order valence-corrected chi connectivity index (χ2v) is 4.95. The number of amides is 1. The summed E-state index contributed by atoms with van der Waals surface area (Å²) in [5.41, 5.74) is 5.05. The molecule has 0 aromatic rings. The van der Waals surface area contributed by atoms with Crippen LogP contribution >= 0.6 is 0 Å². The van der Waals surface area contributed by atoms with Crippen molar-refractivity contribution in [3.63, 3.8) is 0 Å². The minimum Gasteiger partial charge on any atom is -0.434 e. The van der Waals surface area contributed by atoms with E-state index in [0.29, 0.717) is 6.42 Å². The lowest BCUT2D eigenvalue weighted by Crippen LogP contribution is -2.13. The minimum atomic E-state index is -0.918. The first kappa shape index (κ1) is 19.4. The van der Waals surface area contributed by atoms with Crippen LogP contribution in [0.5, 0.6) is 0 Å². The van der Waals surface area contributed by atoms with E-state index < -0.39 is 12.1 Å². The molecule has 21 heavy (non-hydrogen) atoms. The summed E-state index contributed by atoms with van der Waals surface area (Å²) in [6.07, 6.45) is 7.79. The largest absolute Gasteiger partial charge is 0.516 e. The second kappa shape index (κ2) is 13.4. The Balaban J connectivity index is 3.26. The van der Waals surface area contributed by atoms with Gasteiger partial charge in [0.25, 0.3) is 0 Å². The van der Waals surface area contributed by atoms with Crippen molar-refractivity contribution in [2.24, 2.45) is 5.73 Å². The molecule has 122 valence electrons. The van der Waals surface area contributed by atoms with Gasteiger partial charge in [-0.25, -0.2) is 4.79 Å². The van der Waals surface area contributed by atoms with Gasteiger partial charge in [-0.2, -0.15) is 0 Å². The zero-order valence-electron chi connectivity index (χ0n) is 12.9. The van der Waals surface area contributed by atoms with Gasteiger partial charge in [0, 0.05) is 12.8 Å². The molecule has 0 radical (unpaired) electrons. The number of carbonyl (C=O) groups excluding carboxylic acids is 3. The first-order valence-corrected chi connectivity index (χ1v) is 7.72. The zero-order chi connectivity index (χ0) is 15.9. The van der Waals surface area contributed by atoms with Gasteiger partial charge in [0.15, 0.2) is 0 Å². The highest BCUT2D eigenvalue weighted by Gasteiger charge is 2.10. The zero-order valence-corrected chi connectivity index (χ0v) is 12.9. The maximum Gasteiger partial charge on any atom is 0.516 e. The summed E-state index contributed by atoms with van der Waals surface area (Å²) < 4.78 is 8.95. The lowest BCUT2D eigenvalue weighted by molar-refractivity contribution is -0.139. The molecule has 6 heteroatoms. The third-order valence-electron chi connectivity index (χ3n) is 3.01. The molecule has 0 rings (SSSR count). The van der Waals surface area contributed by atoms with Crippen LogP contribution in [-0.2, 0) is 19.1 Å². The number of ether oxygens (including phenoxy) is 2. The van der Waals surface area contributed by atoms with Crippen LogP contribution < -0.4 is 5.73 Å². The Morgan fingerprint density at radius 2 is 1.29 bits per heavy atom. The van der Waals surface area contributed by atoms with Crippen LogP contribution in [0, 0.1) is 0 Å². The summed E-state index contributed by atoms with van der Waals surface area (Å²) in [6.45, 7) is 1.85. The SMILES string of the molecule is CCOC(=O)OC(=O)CCCCCCCCCCC(N)=O. The summed E-state index contributed by atoms with van der Waals surface area (Å²) >= 11 is 0. The van der Waals surface area contributed by atoms with E-state index in [9.17, 15) is 14.4 Å². The number of hydrogen-bond acceptors (Lipinski definition) is 5. The highest BCUT2D eigenvalue weighted by atomic mass is 16.7. The molecule has 0 heterocycles. The molecule has 0 aliphatic carbocycles. The summed E-state index contributed by atoms with van der Waals surface area (Å²) in [7, 11) is 0. The molecule has 0 aliphatic rings. The summed E-state index contributed by atoms with van der Waals surface area (Å²) in [4.78, 5) is 32.6. The first-order valence-electron chi connectivity index (χ1n) is 7.72. The van der Waals surface area contributed by atoms with Crippen molar-refractivity contribution in [1.29, 1.82) is 0 Å². The van der Waals surface area contributed by atoms with Crippen LogP contribution in [0.4, 0.5) is 4.79 Å².